The van der Waals surface area contributed by atoms with Gasteiger partial charge in [0.2, 0.25) is 0 Å². The lowest BCUT2D eigenvalue weighted by Gasteiger charge is -2.27. The number of ether oxygens (including phenoxy) is 3. The van der Waals surface area contributed by atoms with Crippen LogP contribution in [0.3, 0.4) is 0 Å². The molecule has 2 unspecified atom stereocenters. The summed E-state index contributed by atoms with van der Waals surface area (Å²) in [6, 6.07) is 0. The van der Waals surface area contributed by atoms with E-state index in [4.69, 9.17) is 32.2 Å². The highest BCUT2D eigenvalue weighted by molar-refractivity contribution is 7.80. The number of hydrogen-bond acceptors (Lipinski definition) is 9. The Morgan fingerprint density at radius 1 is 0.571 bits per heavy atom. The normalized spacial score (nSPS) is 12.9. The van der Waals surface area contributed by atoms with Gasteiger partial charge in [-0.25, -0.2) is 0 Å². The Morgan fingerprint density at radius 2 is 0.946 bits per heavy atom. The average Bonchev–Trinajstić information content (AvgIpc) is 3.18. The van der Waals surface area contributed by atoms with E-state index in [0.29, 0.717) is 32.5 Å². The molecule has 56 heavy (non-hydrogen) atoms. The van der Waals surface area contributed by atoms with Crippen molar-refractivity contribution in [3.05, 3.63) is 24.3 Å². The van der Waals surface area contributed by atoms with Crippen LogP contribution < -0.4 is 5.73 Å². The van der Waals surface area contributed by atoms with Crippen LogP contribution in [-0.4, -0.2) is 90.3 Å². The minimum atomic E-state index is -1.09. The molecule has 328 valence electrons. The Hall–Kier alpha value is -1.85. The van der Waals surface area contributed by atoms with Gasteiger partial charge in [-0.15, -0.1) is 0 Å². The zero-order valence-electron chi connectivity index (χ0n) is 36.1. The average molecular weight is 811 g/mol. The molecule has 9 nitrogen and oxygen atoms in total. The third-order valence-corrected chi connectivity index (χ3v) is 10.3. The summed E-state index contributed by atoms with van der Waals surface area (Å²) in [7, 11) is 0. The van der Waals surface area contributed by atoms with Gasteiger partial charge in [0.25, 0.3) is 0 Å². The third-order valence-electron chi connectivity index (χ3n) is 10.1. The molecule has 0 fully saturated rings. The van der Waals surface area contributed by atoms with Crippen molar-refractivity contribution in [2.24, 2.45) is 5.73 Å². The minimum absolute atomic E-state index is 0.0350. The molecule has 0 spiro atoms. The Morgan fingerprint density at radius 3 is 1.34 bits per heavy atom. The highest BCUT2D eigenvalue weighted by Crippen LogP contribution is 2.15. The number of aliphatic hydroxyl groups excluding tert-OH is 2. The van der Waals surface area contributed by atoms with Gasteiger partial charge in [-0.1, -0.05) is 153 Å². The lowest BCUT2D eigenvalue weighted by Crippen LogP contribution is -2.46. The monoisotopic (exact) mass is 811 g/mol. The number of nitrogens with two attached hydrogens (primary N) is 1. The number of hydrogen-bond donors (Lipinski definition) is 3. The zero-order valence-corrected chi connectivity index (χ0v) is 36.9. The molecule has 0 aliphatic rings. The van der Waals surface area contributed by atoms with Gasteiger partial charge in [-0.05, 0) is 64.2 Å². The lowest BCUT2D eigenvalue weighted by molar-refractivity contribution is -0.167. The first-order valence-corrected chi connectivity index (χ1v) is 23.3. The van der Waals surface area contributed by atoms with E-state index in [2.05, 4.69) is 38.2 Å². The van der Waals surface area contributed by atoms with E-state index < -0.39 is 24.1 Å². The molecular formula is C46H86N2O7S. The van der Waals surface area contributed by atoms with Crippen LogP contribution in [0.4, 0.5) is 0 Å². The molecule has 2 atom stereocenters. The van der Waals surface area contributed by atoms with Crippen LogP contribution in [0.25, 0.3) is 0 Å². The molecule has 0 aromatic rings. The highest BCUT2D eigenvalue weighted by atomic mass is 32.1. The maximum absolute atomic E-state index is 13.0. The zero-order chi connectivity index (χ0) is 41.2. The summed E-state index contributed by atoms with van der Waals surface area (Å²) < 4.78 is 17.4. The number of esters is 2. The SMILES string of the molecule is CCCCCCCCC=CCCCCCCCC(=O)OC(COCCN(CCO)CCO)C(OC(=O)CCCCCCCC=CCCCCCCCC)C(N)=S. The summed E-state index contributed by atoms with van der Waals surface area (Å²) in [5.41, 5.74) is 6.05. The molecule has 0 aliphatic heterocycles. The van der Waals surface area contributed by atoms with Crippen LogP contribution in [0.2, 0.25) is 0 Å². The summed E-state index contributed by atoms with van der Waals surface area (Å²) in [4.78, 5) is 27.7. The molecule has 0 saturated heterocycles. The van der Waals surface area contributed by atoms with Gasteiger partial charge in [0.15, 0.2) is 12.2 Å². The van der Waals surface area contributed by atoms with Gasteiger partial charge in [-0.3, -0.25) is 14.5 Å². The van der Waals surface area contributed by atoms with Crippen LogP contribution >= 0.6 is 12.2 Å². The molecule has 0 bridgehead atoms. The maximum atomic E-state index is 13.0. The number of nitrogens with zero attached hydrogens (tertiary/aromatic N) is 1. The smallest absolute Gasteiger partial charge is 0.306 e. The van der Waals surface area contributed by atoms with Crippen molar-refractivity contribution in [2.75, 3.05) is 46.1 Å². The van der Waals surface area contributed by atoms with Crippen LogP contribution in [0.5, 0.6) is 0 Å². The lowest BCUT2D eigenvalue weighted by atomic mass is 10.1. The van der Waals surface area contributed by atoms with Crippen LogP contribution in [0.15, 0.2) is 24.3 Å². The molecule has 0 rings (SSSR count). The predicted molar refractivity (Wildman–Crippen MR) is 237 cm³/mol. The number of carbonyl (C=O) groups excluding carboxylic acids is 2. The summed E-state index contributed by atoms with van der Waals surface area (Å²) >= 11 is 5.29. The maximum Gasteiger partial charge on any atom is 0.306 e. The van der Waals surface area contributed by atoms with Crippen LogP contribution in [-0.2, 0) is 23.8 Å². The van der Waals surface area contributed by atoms with Crippen molar-refractivity contribution >= 4 is 29.1 Å². The standard InChI is InChI=1S/C46H86N2O7S/c1-3-5-7-9-11-13-15-17-19-21-23-25-27-29-31-33-43(51)54-42(41-53-40-37-48(35-38-49)36-39-50)45(46(47)56)55-44(52)34-32-30-28-26-24-22-20-18-16-14-12-10-8-6-4-2/h17-20,42,45,49-50H,3-16,21-41H2,1-2H3,(H2,47,56). The Labute approximate surface area is 348 Å². The van der Waals surface area contributed by atoms with E-state index in [1.807, 2.05) is 4.90 Å². The van der Waals surface area contributed by atoms with E-state index in [9.17, 15) is 19.8 Å². The summed E-state index contributed by atoms with van der Waals surface area (Å²) in [5.74, 6) is -0.816. The number of carbonyl (C=O) groups is 2. The second-order valence-electron chi connectivity index (χ2n) is 15.4. The van der Waals surface area contributed by atoms with Gasteiger partial charge in [-0.2, -0.15) is 0 Å². The van der Waals surface area contributed by atoms with Crippen molar-refractivity contribution in [1.29, 1.82) is 0 Å². The number of allylic oxidation sites excluding steroid dienone is 4. The first-order valence-electron chi connectivity index (χ1n) is 22.9. The van der Waals surface area contributed by atoms with E-state index in [0.717, 1.165) is 64.2 Å². The molecule has 0 heterocycles. The Balaban J connectivity index is 4.65. The first-order chi connectivity index (χ1) is 27.4. The quantitative estimate of drug-likeness (QED) is 0.0237. The van der Waals surface area contributed by atoms with Crippen molar-refractivity contribution < 1.29 is 34.0 Å². The number of aliphatic hydroxyl groups is 2. The first kappa shape index (κ1) is 54.2. The fourth-order valence-electron chi connectivity index (χ4n) is 6.62. The predicted octanol–water partition coefficient (Wildman–Crippen LogP) is 10.5. The summed E-state index contributed by atoms with van der Waals surface area (Å²) in [6.07, 6.45) is 38.2. The molecule has 0 aromatic carbocycles. The van der Waals surface area contributed by atoms with Crippen LogP contribution in [0.1, 0.15) is 194 Å². The highest BCUT2D eigenvalue weighted by Gasteiger charge is 2.31. The summed E-state index contributed by atoms with van der Waals surface area (Å²) in [6.45, 7) is 5.91. The van der Waals surface area contributed by atoms with Crippen molar-refractivity contribution in [1.82, 2.24) is 4.90 Å². The van der Waals surface area contributed by atoms with Crippen LogP contribution in [0, 0.1) is 0 Å². The number of rotatable bonds is 43. The van der Waals surface area contributed by atoms with Crippen molar-refractivity contribution in [3.63, 3.8) is 0 Å². The largest absolute Gasteiger partial charge is 0.455 e. The second-order valence-corrected chi connectivity index (χ2v) is 15.8. The fraction of sp³-hybridized carbons (Fsp3) is 0.848. The van der Waals surface area contributed by atoms with E-state index in [1.165, 1.54) is 89.9 Å². The molecule has 0 aromatic heterocycles. The van der Waals surface area contributed by atoms with Gasteiger partial charge in [0, 0.05) is 32.5 Å². The van der Waals surface area contributed by atoms with Gasteiger partial charge in [0.1, 0.15) is 4.99 Å². The molecule has 10 heteroatoms. The van der Waals surface area contributed by atoms with Gasteiger partial charge >= 0.3 is 11.9 Å². The topological polar surface area (TPSA) is 132 Å². The molecule has 4 N–H and O–H groups in total. The van der Waals surface area contributed by atoms with E-state index in [1.54, 1.807) is 0 Å². The van der Waals surface area contributed by atoms with Gasteiger partial charge in [0.05, 0.1) is 26.4 Å². The molecular weight excluding hydrogens is 725 g/mol. The van der Waals surface area contributed by atoms with E-state index in [-0.39, 0.29) is 44.3 Å². The number of unbranched alkanes of at least 4 members (excludes halogenated alkanes) is 22. The molecule has 0 saturated carbocycles. The third kappa shape index (κ3) is 36.5. The minimum Gasteiger partial charge on any atom is -0.455 e. The van der Waals surface area contributed by atoms with E-state index >= 15 is 0 Å². The number of thiocarbonyl (C=S) groups is 1. The molecule has 0 radical (unpaired) electrons. The Bertz CT molecular complexity index is 958. The second kappa shape index (κ2) is 42.7. The van der Waals surface area contributed by atoms with Crippen molar-refractivity contribution in [2.45, 2.75) is 206 Å². The molecule has 0 aliphatic carbocycles. The van der Waals surface area contributed by atoms with Crippen molar-refractivity contribution in [3.8, 4) is 0 Å². The molecule has 0 amide bonds. The van der Waals surface area contributed by atoms with Gasteiger partial charge < -0.3 is 30.2 Å². The fourth-order valence-corrected chi connectivity index (χ4v) is 6.82. The Kier molecular flexibility index (Phi) is 41.3. The summed E-state index contributed by atoms with van der Waals surface area (Å²) in [5, 5.41) is 18.6.